The van der Waals surface area contributed by atoms with Gasteiger partial charge in [0, 0.05) is 12.0 Å². The summed E-state index contributed by atoms with van der Waals surface area (Å²) in [5, 5.41) is 18.9. The molecule has 148 valence electrons. The Hall–Kier alpha value is -2.82. The maximum Gasteiger partial charge on any atom is 0.339 e. The van der Waals surface area contributed by atoms with Gasteiger partial charge in [0.15, 0.2) is 0 Å². The summed E-state index contributed by atoms with van der Waals surface area (Å²) in [6.07, 6.45) is 0.990. The van der Waals surface area contributed by atoms with Gasteiger partial charge in [-0.05, 0) is 55.4 Å². The fourth-order valence-corrected chi connectivity index (χ4v) is 4.34. The number of carbonyl (C=O) groups is 2. The van der Waals surface area contributed by atoms with Crippen LogP contribution in [0.15, 0.2) is 42.5 Å². The zero-order valence-corrected chi connectivity index (χ0v) is 16.6. The fraction of sp³-hybridized carbons (Fsp3) is 0.391. The van der Waals surface area contributed by atoms with Crippen molar-refractivity contribution in [2.24, 2.45) is 17.3 Å². The molecule has 0 saturated carbocycles. The lowest BCUT2D eigenvalue weighted by Gasteiger charge is -2.43. The lowest BCUT2D eigenvalue weighted by Crippen LogP contribution is -2.42. The third-order valence-corrected chi connectivity index (χ3v) is 6.07. The van der Waals surface area contributed by atoms with Crippen molar-refractivity contribution < 1.29 is 24.5 Å². The summed E-state index contributed by atoms with van der Waals surface area (Å²) in [4.78, 5) is 24.1. The molecule has 0 aliphatic heterocycles. The SMILES string of the molecule is CC1Cc2ccccc2C(C(C)(C)C(=O)Oc2ccc(C(=O)O)c(O)c2)C1C. The molecule has 0 fully saturated rings. The maximum absolute atomic E-state index is 13.1. The van der Waals surface area contributed by atoms with Crippen LogP contribution in [0.1, 0.15) is 55.1 Å². The van der Waals surface area contributed by atoms with Crippen LogP contribution in [0.5, 0.6) is 11.5 Å². The van der Waals surface area contributed by atoms with Crippen LogP contribution in [-0.2, 0) is 11.2 Å². The number of esters is 1. The monoisotopic (exact) mass is 382 g/mol. The number of phenols is 1. The van der Waals surface area contributed by atoms with Crippen molar-refractivity contribution >= 4 is 11.9 Å². The molecule has 0 radical (unpaired) electrons. The molecule has 0 amide bonds. The number of carbonyl (C=O) groups excluding carboxylic acids is 1. The Labute approximate surface area is 165 Å². The molecule has 3 atom stereocenters. The number of aromatic carboxylic acids is 1. The zero-order chi connectivity index (χ0) is 20.6. The van der Waals surface area contributed by atoms with Gasteiger partial charge in [0.2, 0.25) is 0 Å². The molecule has 2 aromatic rings. The van der Waals surface area contributed by atoms with E-state index in [1.807, 2.05) is 26.0 Å². The van der Waals surface area contributed by atoms with Gasteiger partial charge >= 0.3 is 11.9 Å². The number of rotatable bonds is 4. The second-order valence-corrected chi connectivity index (χ2v) is 8.31. The van der Waals surface area contributed by atoms with Crippen molar-refractivity contribution in [3.8, 4) is 11.5 Å². The summed E-state index contributed by atoms with van der Waals surface area (Å²) in [6, 6.07) is 12.0. The molecule has 0 spiro atoms. The van der Waals surface area contributed by atoms with Crippen molar-refractivity contribution in [3.63, 3.8) is 0 Å². The molecule has 28 heavy (non-hydrogen) atoms. The highest BCUT2D eigenvalue weighted by Gasteiger charge is 2.46. The number of carboxylic acids is 1. The Morgan fingerprint density at radius 3 is 2.43 bits per heavy atom. The molecular weight excluding hydrogens is 356 g/mol. The summed E-state index contributed by atoms with van der Waals surface area (Å²) < 4.78 is 5.55. The first kappa shape index (κ1) is 19.9. The maximum atomic E-state index is 13.1. The minimum absolute atomic E-state index is 0.00756. The number of aromatic hydroxyl groups is 1. The van der Waals surface area contributed by atoms with E-state index in [-0.39, 0.29) is 17.2 Å². The van der Waals surface area contributed by atoms with Crippen molar-refractivity contribution in [2.75, 3.05) is 0 Å². The number of carboxylic acid groups (broad SMARTS) is 1. The van der Waals surface area contributed by atoms with E-state index in [2.05, 4.69) is 26.0 Å². The molecule has 2 N–H and O–H groups in total. The van der Waals surface area contributed by atoms with E-state index in [9.17, 15) is 14.7 Å². The van der Waals surface area contributed by atoms with E-state index in [0.29, 0.717) is 11.8 Å². The summed E-state index contributed by atoms with van der Waals surface area (Å²) in [5.41, 5.74) is 1.41. The van der Waals surface area contributed by atoms with Crippen LogP contribution in [0.25, 0.3) is 0 Å². The van der Waals surface area contributed by atoms with E-state index >= 15 is 0 Å². The fourth-order valence-electron chi connectivity index (χ4n) is 4.34. The topological polar surface area (TPSA) is 83.8 Å². The first-order valence-corrected chi connectivity index (χ1v) is 9.49. The minimum atomic E-state index is -1.24. The second-order valence-electron chi connectivity index (χ2n) is 8.31. The molecule has 2 aromatic carbocycles. The first-order chi connectivity index (χ1) is 13.1. The number of ether oxygens (including phenoxy) is 1. The van der Waals surface area contributed by atoms with E-state index in [1.54, 1.807) is 0 Å². The summed E-state index contributed by atoms with van der Waals surface area (Å²) in [6.45, 7) is 8.15. The van der Waals surface area contributed by atoms with Gasteiger partial charge in [-0.3, -0.25) is 4.79 Å². The smallest absolute Gasteiger partial charge is 0.339 e. The number of hydrogen-bond donors (Lipinski definition) is 2. The van der Waals surface area contributed by atoms with Crippen molar-refractivity contribution in [1.29, 1.82) is 0 Å². The summed E-state index contributed by atoms with van der Waals surface area (Å²) in [7, 11) is 0. The van der Waals surface area contributed by atoms with Gasteiger partial charge in [0.1, 0.15) is 17.1 Å². The molecule has 3 rings (SSSR count). The van der Waals surface area contributed by atoms with Crippen LogP contribution < -0.4 is 4.74 Å². The highest BCUT2D eigenvalue weighted by molar-refractivity contribution is 5.91. The van der Waals surface area contributed by atoms with E-state index in [1.165, 1.54) is 23.3 Å². The Bertz CT molecular complexity index is 915. The second kappa shape index (κ2) is 7.30. The quantitative estimate of drug-likeness (QED) is 0.595. The van der Waals surface area contributed by atoms with E-state index in [0.717, 1.165) is 12.5 Å². The van der Waals surface area contributed by atoms with Crippen molar-refractivity contribution in [1.82, 2.24) is 0 Å². The van der Waals surface area contributed by atoms with Crippen LogP contribution in [0, 0.1) is 17.3 Å². The molecule has 5 nitrogen and oxygen atoms in total. The zero-order valence-electron chi connectivity index (χ0n) is 16.6. The molecule has 0 aromatic heterocycles. The highest BCUT2D eigenvalue weighted by atomic mass is 16.5. The third-order valence-electron chi connectivity index (χ3n) is 6.07. The number of fused-ring (bicyclic) bond motifs is 1. The summed E-state index contributed by atoms with van der Waals surface area (Å²) in [5.74, 6) is -1.23. The average molecular weight is 382 g/mol. The van der Waals surface area contributed by atoms with Gasteiger partial charge in [-0.15, -0.1) is 0 Å². The average Bonchev–Trinajstić information content (AvgIpc) is 2.62. The summed E-state index contributed by atoms with van der Waals surface area (Å²) >= 11 is 0. The van der Waals surface area contributed by atoms with E-state index < -0.39 is 23.1 Å². The molecule has 1 aliphatic carbocycles. The van der Waals surface area contributed by atoms with Gasteiger partial charge < -0.3 is 14.9 Å². The largest absolute Gasteiger partial charge is 0.507 e. The molecular formula is C23H26O5. The van der Waals surface area contributed by atoms with Crippen molar-refractivity contribution in [2.45, 2.75) is 40.0 Å². The number of benzene rings is 2. The molecule has 3 unspecified atom stereocenters. The molecule has 0 heterocycles. The normalized spacial score (nSPS) is 21.6. The standard InChI is InChI=1S/C23H26O5/c1-13-11-15-7-5-6-8-17(15)20(14(13)2)23(3,4)22(27)28-16-9-10-18(21(25)26)19(24)12-16/h5-10,12-14,20,24H,11H2,1-4H3,(H,25,26). The molecule has 5 heteroatoms. The van der Waals surface area contributed by atoms with Crippen LogP contribution in [0.4, 0.5) is 0 Å². The highest BCUT2D eigenvalue weighted by Crippen LogP contribution is 2.49. The van der Waals surface area contributed by atoms with Crippen molar-refractivity contribution in [3.05, 3.63) is 59.2 Å². The molecule has 0 bridgehead atoms. The lowest BCUT2D eigenvalue weighted by atomic mass is 9.60. The van der Waals surface area contributed by atoms with Gasteiger partial charge in [0.25, 0.3) is 0 Å². The van der Waals surface area contributed by atoms with Crippen LogP contribution >= 0.6 is 0 Å². The Kier molecular flexibility index (Phi) is 5.20. The predicted octanol–water partition coefficient (Wildman–Crippen LogP) is 4.63. The molecule has 1 aliphatic rings. The molecule has 0 saturated heterocycles. The van der Waals surface area contributed by atoms with Gasteiger partial charge in [-0.1, -0.05) is 38.1 Å². The van der Waals surface area contributed by atoms with Crippen LogP contribution in [-0.4, -0.2) is 22.2 Å². The van der Waals surface area contributed by atoms with Gasteiger partial charge in [0.05, 0.1) is 5.41 Å². The van der Waals surface area contributed by atoms with E-state index in [4.69, 9.17) is 9.84 Å². The van der Waals surface area contributed by atoms with Gasteiger partial charge in [-0.25, -0.2) is 4.79 Å². The van der Waals surface area contributed by atoms with Gasteiger partial charge in [-0.2, -0.15) is 0 Å². The first-order valence-electron chi connectivity index (χ1n) is 9.49. The predicted molar refractivity (Wildman–Crippen MR) is 106 cm³/mol. The Balaban J connectivity index is 1.91. The number of hydrogen-bond acceptors (Lipinski definition) is 4. The Morgan fingerprint density at radius 1 is 1.11 bits per heavy atom. The van der Waals surface area contributed by atoms with Crippen LogP contribution in [0.3, 0.4) is 0 Å². The Morgan fingerprint density at radius 2 is 1.79 bits per heavy atom. The lowest BCUT2D eigenvalue weighted by molar-refractivity contribution is -0.146. The van der Waals surface area contributed by atoms with Crippen LogP contribution in [0.2, 0.25) is 0 Å². The minimum Gasteiger partial charge on any atom is -0.507 e. The third kappa shape index (κ3) is 3.49.